The van der Waals surface area contributed by atoms with E-state index in [0.717, 1.165) is 18.8 Å². The van der Waals surface area contributed by atoms with Gasteiger partial charge in [-0.25, -0.2) is 13.1 Å². The van der Waals surface area contributed by atoms with Crippen LogP contribution in [0.2, 0.25) is 0 Å². The highest BCUT2D eigenvalue weighted by Gasteiger charge is 2.27. The molecule has 0 spiro atoms. The van der Waals surface area contributed by atoms with Crippen molar-refractivity contribution < 1.29 is 17.6 Å². The number of nitrogens with zero attached hydrogens (tertiary/aromatic N) is 1. The smallest absolute Gasteiger partial charge is 0.240 e. The molecule has 1 fully saturated rings. The minimum atomic E-state index is -3.57. The maximum atomic E-state index is 12.5. The van der Waals surface area contributed by atoms with Crippen LogP contribution in [0, 0.1) is 0 Å². The summed E-state index contributed by atoms with van der Waals surface area (Å²) in [6.45, 7) is 2.99. The topological polar surface area (TPSA) is 71.8 Å². The minimum absolute atomic E-state index is 0.145. The third-order valence-corrected chi connectivity index (χ3v) is 5.94. The lowest BCUT2D eigenvalue weighted by Gasteiger charge is -2.33. The fourth-order valence-corrected chi connectivity index (χ4v) is 4.10. The summed E-state index contributed by atoms with van der Waals surface area (Å²) in [5, 5.41) is -0.145. The average molecular weight is 373 g/mol. The highest BCUT2D eigenvalue weighted by molar-refractivity contribution is 7.93. The summed E-state index contributed by atoms with van der Waals surface area (Å²) >= 11 is 5.95. The van der Waals surface area contributed by atoms with Crippen LogP contribution < -0.4 is 4.72 Å². The second-order valence-corrected chi connectivity index (χ2v) is 8.08. The average Bonchev–Trinajstić information content (AvgIpc) is 3.11. The van der Waals surface area contributed by atoms with Crippen LogP contribution in [0.15, 0.2) is 45.9 Å². The van der Waals surface area contributed by atoms with Gasteiger partial charge in [0.05, 0.1) is 35.8 Å². The molecule has 0 saturated carbocycles. The van der Waals surface area contributed by atoms with Gasteiger partial charge in [-0.1, -0.05) is 12.2 Å². The summed E-state index contributed by atoms with van der Waals surface area (Å²) in [7, 11) is -3.57. The minimum Gasteiger partial charge on any atom is -0.468 e. The molecule has 1 N–H and O–H groups in total. The van der Waals surface area contributed by atoms with Gasteiger partial charge in [0.15, 0.2) is 0 Å². The van der Waals surface area contributed by atoms with Crippen molar-refractivity contribution in [1.82, 2.24) is 9.62 Å². The number of alkyl halides is 1. The number of allylic oxidation sites excluding steroid dienone is 3. The maximum Gasteiger partial charge on any atom is 0.240 e. The third kappa shape index (κ3) is 4.29. The van der Waals surface area contributed by atoms with Crippen LogP contribution in [0.25, 0.3) is 0 Å². The van der Waals surface area contributed by atoms with Crippen LogP contribution in [0.4, 0.5) is 0 Å². The largest absolute Gasteiger partial charge is 0.468 e. The molecule has 0 amide bonds. The zero-order valence-corrected chi connectivity index (χ0v) is 14.8. The number of hydrogen-bond donors (Lipinski definition) is 1. The predicted octanol–water partition coefficient (Wildman–Crippen LogP) is 2.02. The second-order valence-electron chi connectivity index (χ2n) is 5.75. The predicted molar refractivity (Wildman–Crippen MR) is 92.2 cm³/mol. The van der Waals surface area contributed by atoms with Crippen molar-refractivity contribution in [2.24, 2.45) is 0 Å². The summed E-state index contributed by atoms with van der Waals surface area (Å²) < 4.78 is 38.6. The molecule has 1 aromatic rings. The fraction of sp³-hybridized carbons (Fsp3) is 0.500. The Balaban J connectivity index is 1.70. The molecule has 1 aromatic heterocycles. The monoisotopic (exact) mass is 372 g/mol. The first-order valence-electron chi connectivity index (χ1n) is 7.93. The quantitative estimate of drug-likeness (QED) is 0.773. The zero-order valence-electron chi connectivity index (χ0n) is 13.2. The van der Waals surface area contributed by atoms with Crippen LogP contribution in [-0.2, 0) is 14.8 Å². The van der Waals surface area contributed by atoms with E-state index in [1.807, 2.05) is 12.1 Å². The molecule has 2 heterocycles. The Morgan fingerprint density at radius 2 is 2.17 bits per heavy atom. The van der Waals surface area contributed by atoms with Crippen LogP contribution in [0.5, 0.6) is 0 Å². The van der Waals surface area contributed by atoms with Crippen molar-refractivity contribution in [3.63, 3.8) is 0 Å². The highest BCUT2D eigenvalue weighted by Crippen LogP contribution is 2.23. The van der Waals surface area contributed by atoms with Gasteiger partial charge in [-0.15, -0.1) is 11.6 Å². The maximum absolute atomic E-state index is 12.5. The van der Waals surface area contributed by atoms with Gasteiger partial charge in [0.1, 0.15) is 5.76 Å². The first-order chi connectivity index (χ1) is 11.6. The molecule has 1 aliphatic heterocycles. The molecule has 132 valence electrons. The molecule has 2 atom stereocenters. The number of ether oxygens (including phenoxy) is 1. The van der Waals surface area contributed by atoms with Crippen molar-refractivity contribution >= 4 is 21.6 Å². The molecule has 0 bridgehead atoms. The molecule has 2 unspecified atom stereocenters. The van der Waals surface area contributed by atoms with Crippen LogP contribution in [0.3, 0.4) is 0 Å². The second kappa shape index (κ2) is 7.84. The van der Waals surface area contributed by atoms with Gasteiger partial charge >= 0.3 is 0 Å². The van der Waals surface area contributed by atoms with E-state index in [1.165, 1.54) is 0 Å². The highest BCUT2D eigenvalue weighted by atomic mass is 35.5. The third-order valence-electron chi connectivity index (χ3n) is 4.15. The normalized spacial score (nSPS) is 23.9. The van der Waals surface area contributed by atoms with Gasteiger partial charge in [0, 0.05) is 19.6 Å². The molecule has 2 aliphatic rings. The van der Waals surface area contributed by atoms with Crippen LogP contribution >= 0.6 is 11.6 Å². The Bertz CT molecular complexity index is 694. The van der Waals surface area contributed by atoms with Crippen molar-refractivity contribution in [3.05, 3.63) is 47.3 Å². The molecule has 0 aromatic carbocycles. The Labute approximate surface area is 147 Å². The van der Waals surface area contributed by atoms with E-state index in [-0.39, 0.29) is 22.9 Å². The van der Waals surface area contributed by atoms with Crippen molar-refractivity contribution in [2.45, 2.75) is 17.8 Å². The Morgan fingerprint density at radius 1 is 1.38 bits per heavy atom. The van der Waals surface area contributed by atoms with Crippen molar-refractivity contribution in [3.8, 4) is 0 Å². The lowest BCUT2D eigenvalue weighted by molar-refractivity contribution is 0.0128. The van der Waals surface area contributed by atoms with E-state index in [9.17, 15) is 8.42 Å². The van der Waals surface area contributed by atoms with E-state index in [4.69, 9.17) is 20.8 Å². The van der Waals surface area contributed by atoms with E-state index < -0.39 is 10.0 Å². The Hall–Kier alpha value is -1.12. The fourth-order valence-electron chi connectivity index (χ4n) is 2.83. The summed E-state index contributed by atoms with van der Waals surface area (Å²) in [6, 6.07) is 3.52. The number of furan rings is 1. The van der Waals surface area contributed by atoms with Crippen LogP contribution in [0.1, 0.15) is 18.2 Å². The van der Waals surface area contributed by atoms with E-state index in [2.05, 4.69) is 9.62 Å². The molecule has 6 nitrogen and oxygen atoms in total. The zero-order chi connectivity index (χ0) is 17.0. The Morgan fingerprint density at radius 3 is 2.79 bits per heavy atom. The summed E-state index contributed by atoms with van der Waals surface area (Å²) in [5.74, 6) is 0.744. The first kappa shape index (κ1) is 17.7. The van der Waals surface area contributed by atoms with Gasteiger partial charge < -0.3 is 9.15 Å². The molecule has 1 saturated heterocycles. The van der Waals surface area contributed by atoms with Gasteiger partial charge in [0.2, 0.25) is 10.0 Å². The first-order valence-corrected chi connectivity index (χ1v) is 9.85. The number of morpholine rings is 1. The lowest BCUT2D eigenvalue weighted by atomic mass is 10.2. The number of hydrogen-bond acceptors (Lipinski definition) is 5. The lowest BCUT2D eigenvalue weighted by Crippen LogP contribution is -2.43. The van der Waals surface area contributed by atoms with Gasteiger partial charge in [-0.05, 0) is 24.6 Å². The van der Waals surface area contributed by atoms with Gasteiger partial charge in [0.25, 0.3) is 0 Å². The standard InChI is InChI=1S/C16H21ClN2O4S/c17-13-3-5-14(6-4-13)24(20,21)18-12-15(16-2-1-9-23-16)19-7-10-22-11-8-19/h1-3,5-6,9,13,15,18H,4,7-8,10-12H2. The van der Waals surface area contributed by atoms with Gasteiger partial charge in [-0.3, -0.25) is 4.90 Å². The molecule has 0 radical (unpaired) electrons. The number of sulfonamides is 1. The van der Waals surface area contributed by atoms with E-state index >= 15 is 0 Å². The molecule has 1 aliphatic carbocycles. The number of nitrogens with one attached hydrogen (secondary N) is 1. The summed E-state index contributed by atoms with van der Waals surface area (Å²) in [6.07, 6.45) is 7.02. The van der Waals surface area contributed by atoms with E-state index in [0.29, 0.717) is 19.6 Å². The molecular weight excluding hydrogens is 352 g/mol. The van der Waals surface area contributed by atoms with Crippen LogP contribution in [-0.4, -0.2) is 51.5 Å². The molecule has 24 heavy (non-hydrogen) atoms. The van der Waals surface area contributed by atoms with Crippen molar-refractivity contribution in [2.75, 3.05) is 32.8 Å². The number of halogens is 1. The number of rotatable bonds is 6. The SMILES string of the molecule is O=S(=O)(NCC(c1ccco1)N1CCOCC1)C1=CCC(Cl)C=C1. The van der Waals surface area contributed by atoms with E-state index in [1.54, 1.807) is 24.5 Å². The Kier molecular flexibility index (Phi) is 5.78. The van der Waals surface area contributed by atoms with Gasteiger partial charge in [-0.2, -0.15) is 0 Å². The molecule has 8 heteroatoms. The molecule has 3 rings (SSSR count). The molecular formula is C16H21ClN2O4S. The van der Waals surface area contributed by atoms with Crippen molar-refractivity contribution in [1.29, 1.82) is 0 Å². The summed E-state index contributed by atoms with van der Waals surface area (Å²) in [5.41, 5.74) is 0. The summed E-state index contributed by atoms with van der Waals surface area (Å²) in [4.78, 5) is 2.43.